The Morgan fingerprint density at radius 1 is 1.39 bits per heavy atom. The summed E-state index contributed by atoms with van der Waals surface area (Å²) in [7, 11) is 2.19. The molecular weight excluding hydrogens is 284 g/mol. The summed E-state index contributed by atoms with van der Waals surface area (Å²) in [6, 6.07) is 8.72. The van der Waals surface area contributed by atoms with E-state index in [0.29, 0.717) is 18.2 Å². The van der Waals surface area contributed by atoms with E-state index in [2.05, 4.69) is 57.0 Å². The van der Waals surface area contributed by atoms with Crippen LogP contribution in [0.1, 0.15) is 50.7 Å². The fraction of sp³-hybridized carbons (Fsp3) is 0.650. The summed E-state index contributed by atoms with van der Waals surface area (Å²) in [5.74, 6) is 0.986. The highest BCUT2D eigenvalue weighted by Gasteiger charge is 2.21. The summed E-state index contributed by atoms with van der Waals surface area (Å²) in [6.45, 7) is 9.40. The van der Waals surface area contributed by atoms with Gasteiger partial charge < -0.3 is 9.80 Å². The van der Waals surface area contributed by atoms with E-state index in [1.807, 2.05) is 4.90 Å². The second kappa shape index (κ2) is 8.49. The maximum absolute atomic E-state index is 12.7. The Bertz CT molecular complexity index is 512. The van der Waals surface area contributed by atoms with Gasteiger partial charge in [-0.3, -0.25) is 4.79 Å². The lowest BCUT2D eigenvalue weighted by Crippen LogP contribution is -2.37. The summed E-state index contributed by atoms with van der Waals surface area (Å²) in [5.41, 5.74) is 2.48. The van der Waals surface area contributed by atoms with Gasteiger partial charge in [0.15, 0.2) is 0 Å². The van der Waals surface area contributed by atoms with Crippen LogP contribution in [0.3, 0.4) is 0 Å². The molecule has 1 heterocycles. The summed E-state index contributed by atoms with van der Waals surface area (Å²) in [4.78, 5) is 17.1. The SMILES string of the molecule is Cc1cccc(CN(C(=O)CC[C@@H]2CCCN(C)C2)C(C)C)c1. The molecule has 1 fully saturated rings. The van der Waals surface area contributed by atoms with Crippen LogP contribution in [0, 0.1) is 12.8 Å². The Hall–Kier alpha value is -1.35. The summed E-state index contributed by atoms with van der Waals surface area (Å²) in [6.07, 6.45) is 4.26. The van der Waals surface area contributed by atoms with Crippen molar-refractivity contribution in [1.82, 2.24) is 9.80 Å². The highest BCUT2D eigenvalue weighted by atomic mass is 16.2. The Labute approximate surface area is 141 Å². The van der Waals surface area contributed by atoms with Gasteiger partial charge in [0.05, 0.1) is 0 Å². The molecule has 1 saturated heterocycles. The zero-order valence-corrected chi connectivity index (χ0v) is 15.2. The number of hydrogen-bond acceptors (Lipinski definition) is 2. The molecule has 128 valence electrons. The molecule has 0 aromatic heterocycles. The van der Waals surface area contributed by atoms with E-state index >= 15 is 0 Å². The second-order valence-electron chi connectivity index (χ2n) is 7.41. The van der Waals surface area contributed by atoms with Crippen molar-refractivity contribution in [1.29, 1.82) is 0 Å². The molecule has 1 aliphatic rings. The van der Waals surface area contributed by atoms with Crippen LogP contribution in [0.4, 0.5) is 0 Å². The van der Waals surface area contributed by atoms with Crippen molar-refractivity contribution in [3.8, 4) is 0 Å². The Morgan fingerprint density at radius 3 is 2.83 bits per heavy atom. The molecule has 3 heteroatoms. The van der Waals surface area contributed by atoms with E-state index in [1.54, 1.807) is 0 Å². The summed E-state index contributed by atoms with van der Waals surface area (Å²) in [5, 5.41) is 0. The third-order valence-corrected chi connectivity index (χ3v) is 4.87. The number of amides is 1. The van der Waals surface area contributed by atoms with Gasteiger partial charge in [0.1, 0.15) is 0 Å². The van der Waals surface area contributed by atoms with Gasteiger partial charge in [-0.05, 0) is 65.1 Å². The molecule has 0 saturated carbocycles. The normalized spacial score (nSPS) is 19.1. The van der Waals surface area contributed by atoms with Crippen LogP contribution in [0.5, 0.6) is 0 Å². The molecule has 0 bridgehead atoms. The zero-order chi connectivity index (χ0) is 16.8. The molecule has 0 N–H and O–H groups in total. The lowest BCUT2D eigenvalue weighted by Gasteiger charge is -2.31. The standard InChI is InChI=1S/C20H32N2O/c1-16(2)22(15-19-8-5-7-17(3)13-19)20(23)11-10-18-9-6-12-21(4)14-18/h5,7-8,13,16,18H,6,9-12,14-15H2,1-4H3/t18-/m0/s1. The summed E-state index contributed by atoms with van der Waals surface area (Å²) >= 11 is 0. The molecule has 1 amide bonds. The van der Waals surface area contributed by atoms with Gasteiger partial charge in [-0.15, -0.1) is 0 Å². The average Bonchev–Trinajstić information content (AvgIpc) is 2.50. The number of nitrogens with zero attached hydrogens (tertiary/aromatic N) is 2. The quantitative estimate of drug-likeness (QED) is 0.796. The van der Waals surface area contributed by atoms with Gasteiger partial charge in [-0.25, -0.2) is 0 Å². The van der Waals surface area contributed by atoms with E-state index in [-0.39, 0.29) is 6.04 Å². The van der Waals surface area contributed by atoms with Crippen LogP contribution in [0.15, 0.2) is 24.3 Å². The van der Waals surface area contributed by atoms with Crippen LogP contribution in [0.25, 0.3) is 0 Å². The van der Waals surface area contributed by atoms with Crippen molar-refractivity contribution < 1.29 is 4.79 Å². The molecule has 1 aliphatic heterocycles. The van der Waals surface area contributed by atoms with Crippen LogP contribution in [0.2, 0.25) is 0 Å². The lowest BCUT2D eigenvalue weighted by atomic mass is 9.93. The Balaban J connectivity index is 1.90. The van der Waals surface area contributed by atoms with Crippen molar-refractivity contribution in [2.75, 3.05) is 20.1 Å². The van der Waals surface area contributed by atoms with Crippen molar-refractivity contribution in [3.05, 3.63) is 35.4 Å². The number of piperidine rings is 1. The highest BCUT2D eigenvalue weighted by Crippen LogP contribution is 2.21. The fourth-order valence-electron chi connectivity index (χ4n) is 3.55. The number of carbonyl (C=O) groups is 1. The van der Waals surface area contributed by atoms with Gasteiger partial charge >= 0.3 is 0 Å². The number of rotatable bonds is 6. The lowest BCUT2D eigenvalue weighted by molar-refractivity contribution is -0.134. The van der Waals surface area contributed by atoms with Crippen molar-refractivity contribution >= 4 is 5.91 Å². The molecule has 3 nitrogen and oxygen atoms in total. The Morgan fingerprint density at radius 2 is 2.17 bits per heavy atom. The third kappa shape index (κ3) is 5.65. The maximum Gasteiger partial charge on any atom is 0.223 e. The minimum absolute atomic E-state index is 0.247. The molecule has 0 unspecified atom stereocenters. The average molecular weight is 316 g/mol. The molecule has 0 aliphatic carbocycles. The second-order valence-corrected chi connectivity index (χ2v) is 7.41. The van der Waals surface area contributed by atoms with Gasteiger partial charge in [-0.2, -0.15) is 0 Å². The predicted octanol–water partition coefficient (Wildman–Crippen LogP) is 3.85. The highest BCUT2D eigenvalue weighted by molar-refractivity contribution is 5.76. The number of benzene rings is 1. The molecule has 1 aromatic carbocycles. The van der Waals surface area contributed by atoms with Crippen molar-refractivity contribution in [3.63, 3.8) is 0 Å². The van der Waals surface area contributed by atoms with E-state index in [1.165, 1.54) is 30.5 Å². The Kier molecular flexibility index (Phi) is 6.64. The summed E-state index contributed by atoms with van der Waals surface area (Å²) < 4.78 is 0. The van der Waals surface area contributed by atoms with Crippen molar-refractivity contribution in [2.45, 2.75) is 59.0 Å². The number of likely N-dealkylation sites (tertiary alicyclic amines) is 1. The number of hydrogen-bond donors (Lipinski definition) is 0. The molecule has 0 spiro atoms. The first-order valence-electron chi connectivity index (χ1n) is 8.99. The van der Waals surface area contributed by atoms with E-state index in [0.717, 1.165) is 19.5 Å². The fourth-order valence-corrected chi connectivity index (χ4v) is 3.55. The van der Waals surface area contributed by atoms with E-state index < -0.39 is 0 Å². The topological polar surface area (TPSA) is 23.6 Å². The molecule has 2 rings (SSSR count). The van der Waals surface area contributed by atoms with E-state index in [9.17, 15) is 4.79 Å². The maximum atomic E-state index is 12.7. The van der Waals surface area contributed by atoms with Crippen LogP contribution >= 0.6 is 0 Å². The van der Waals surface area contributed by atoms with E-state index in [4.69, 9.17) is 0 Å². The first-order valence-corrected chi connectivity index (χ1v) is 8.99. The third-order valence-electron chi connectivity index (χ3n) is 4.87. The molecule has 1 aromatic rings. The molecular formula is C20H32N2O. The number of carbonyl (C=O) groups excluding carboxylic acids is 1. The van der Waals surface area contributed by atoms with Gasteiger partial charge in [0.2, 0.25) is 5.91 Å². The first-order chi connectivity index (χ1) is 11.0. The molecule has 23 heavy (non-hydrogen) atoms. The first kappa shape index (κ1) is 18.0. The largest absolute Gasteiger partial charge is 0.336 e. The zero-order valence-electron chi connectivity index (χ0n) is 15.2. The molecule has 0 radical (unpaired) electrons. The van der Waals surface area contributed by atoms with Gasteiger partial charge in [0, 0.05) is 25.6 Å². The van der Waals surface area contributed by atoms with Gasteiger partial charge in [0.25, 0.3) is 0 Å². The van der Waals surface area contributed by atoms with Crippen molar-refractivity contribution in [2.24, 2.45) is 5.92 Å². The number of aryl methyl sites for hydroxylation is 1. The van der Waals surface area contributed by atoms with Crippen LogP contribution < -0.4 is 0 Å². The molecule has 1 atom stereocenters. The predicted molar refractivity (Wildman–Crippen MR) is 96.3 cm³/mol. The monoisotopic (exact) mass is 316 g/mol. The smallest absolute Gasteiger partial charge is 0.223 e. The van der Waals surface area contributed by atoms with Crippen LogP contribution in [-0.2, 0) is 11.3 Å². The minimum atomic E-state index is 0.247. The minimum Gasteiger partial charge on any atom is -0.336 e. The van der Waals surface area contributed by atoms with Gasteiger partial charge in [-0.1, -0.05) is 29.8 Å². The van der Waals surface area contributed by atoms with Crippen LogP contribution in [-0.4, -0.2) is 41.9 Å².